The van der Waals surface area contributed by atoms with Crippen molar-refractivity contribution in [2.24, 2.45) is 0 Å². The van der Waals surface area contributed by atoms with E-state index < -0.39 is 5.60 Å². The van der Waals surface area contributed by atoms with Gasteiger partial charge in [0.2, 0.25) is 0 Å². The standard InChI is InChI=1S/C25H24N4O2/c26-14-16-1-2-18-10-19(4-3-17(18)9-16)29-7-5-25(6-8-29)13-23(30)20-11-21-22(28-15-27-21)12-24(20)31-25/h1-2,9,11-12,15,19H,3-8,10,13H2,(H,27,28). The lowest BCUT2D eigenvalue weighted by Gasteiger charge is -2.46. The van der Waals surface area contributed by atoms with E-state index in [1.165, 1.54) is 11.1 Å². The zero-order valence-electron chi connectivity index (χ0n) is 17.4. The molecule has 3 aromatic rings. The van der Waals surface area contributed by atoms with Crippen molar-refractivity contribution in [3.05, 3.63) is 58.9 Å². The molecule has 31 heavy (non-hydrogen) atoms. The number of likely N-dealkylation sites (tertiary alicyclic amines) is 1. The number of hydrogen-bond acceptors (Lipinski definition) is 5. The molecule has 1 aliphatic carbocycles. The maximum Gasteiger partial charge on any atom is 0.170 e. The average molecular weight is 412 g/mol. The maximum atomic E-state index is 12.9. The number of hydrogen-bond donors (Lipinski definition) is 1. The van der Waals surface area contributed by atoms with Crippen molar-refractivity contribution in [2.45, 2.75) is 50.2 Å². The minimum absolute atomic E-state index is 0.172. The maximum absolute atomic E-state index is 12.9. The number of ether oxygens (including phenoxy) is 1. The van der Waals surface area contributed by atoms with Gasteiger partial charge in [-0.25, -0.2) is 4.98 Å². The molecular formula is C25H24N4O2. The predicted molar refractivity (Wildman–Crippen MR) is 116 cm³/mol. The summed E-state index contributed by atoms with van der Waals surface area (Å²) < 4.78 is 6.49. The molecule has 1 spiro atoms. The van der Waals surface area contributed by atoms with Gasteiger partial charge in [0.05, 0.1) is 41.0 Å². The van der Waals surface area contributed by atoms with E-state index in [0.29, 0.717) is 23.8 Å². The summed E-state index contributed by atoms with van der Waals surface area (Å²) in [5.74, 6) is 0.857. The van der Waals surface area contributed by atoms with E-state index in [1.807, 2.05) is 24.3 Å². The molecule has 0 saturated carbocycles. The molecule has 2 aliphatic heterocycles. The highest BCUT2D eigenvalue weighted by Gasteiger charge is 2.44. The molecule has 2 aromatic carbocycles. The van der Waals surface area contributed by atoms with Crippen LogP contribution in [0.5, 0.6) is 5.75 Å². The van der Waals surface area contributed by atoms with Crippen LogP contribution >= 0.6 is 0 Å². The molecule has 1 N–H and O–H groups in total. The third-order valence-electron chi connectivity index (χ3n) is 7.39. The van der Waals surface area contributed by atoms with Gasteiger partial charge in [-0.15, -0.1) is 0 Å². The van der Waals surface area contributed by atoms with Gasteiger partial charge in [0.1, 0.15) is 11.4 Å². The number of rotatable bonds is 1. The Bertz CT molecular complexity index is 1230. The first-order valence-electron chi connectivity index (χ1n) is 11.1. The van der Waals surface area contributed by atoms with Crippen molar-refractivity contribution in [3.63, 3.8) is 0 Å². The van der Waals surface area contributed by atoms with Crippen LogP contribution in [0.25, 0.3) is 11.0 Å². The van der Waals surface area contributed by atoms with E-state index >= 15 is 0 Å². The van der Waals surface area contributed by atoms with Crippen molar-refractivity contribution < 1.29 is 9.53 Å². The number of imidazole rings is 1. The molecule has 0 radical (unpaired) electrons. The fourth-order valence-corrected chi connectivity index (χ4v) is 5.61. The molecule has 6 nitrogen and oxygen atoms in total. The van der Waals surface area contributed by atoms with Crippen LogP contribution in [-0.4, -0.2) is 45.4 Å². The number of benzene rings is 2. The fraction of sp³-hybridized carbons (Fsp3) is 0.400. The van der Waals surface area contributed by atoms with E-state index in [1.54, 1.807) is 6.33 Å². The third kappa shape index (κ3) is 3.12. The third-order valence-corrected chi connectivity index (χ3v) is 7.39. The highest BCUT2D eigenvalue weighted by Crippen LogP contribution is 2.41. The molecule has 6 heteroatoms. The van der Waals surface area contributed by atoms with Gasteiger partial charge >= 0.3 is 0 Å². The average Bonchev–Trinajstić information content (AvgIpc) is 3.25. The van der Waals surface area contributed by atoms with Crippen LogP contribution in [0.2, 0.25) is 0 Å². The second-order valence-electron chi connectivity index (χ2n) is 9.18. The SMILES string of the molecule is N#Cc1ccc2c(c1)CCC(N1CCC3(CC1)CC(=O)c1cc4[nH]cnc4cc1O3)C2. The lowest BCUT2D eigenvalue weighted by molar-refractivity contribution is -0.0199. The highest BCUT2D eigenvalue weighted by molar-refractivity contribution is 6.03. The van der Waals surface area contributed by atoms with Crippen LogP contribution in [0, 0.1) is 11.3 Å². The molecule has 1 fully saturated rings. The first kappa shape index (κ1) is 18.6. The van der Waals surface area contributed by atoms with Gasteiger partial charge in [-0.2, -0.15) is 5.26 Å². The molecule has 6 rings (SSSR count). The number of piperidine rings is 1. The van der Waals surface area contributed by atoms with Gasteiger partial charge in [0.25, 0.3) is 0 Å². The Balaban J connectivity index is 1.17. The molecule has 1 atom stereocenters. The molecular weight excluding hydrogens is 388 g/mol. The zero-order valence-corrected chi connectivity index (χ0v) is 17.4. The second kappa shape index (κ2) is 6.93. The number of fused-ring (bicyclic) bond motifs is 3. The monoisotopic (exact) mass is 412 g/mol. The van der Waals surface area contributed by atoms with Crippen molar-refractivity contribution in [1.82, 2.24) is 14.9 Å². The van der Waals surface area contributed by atoms with Crippen molar-refractivity contribution >= 4 is 16.8 Å². The number of nitriles is 1. The van der Waals surface area contributed by atoms with Crippen molar-refractivity contribution in [2.75, 3.05) is 13.1 Å². The first-order chi connectivity index (χ1) is 15.1. The molecule has 156 valence electrons. The number of carbonyl (C=O) groups is 1. The molecule has 1 unspecified atom stereocenters. The second-order valence-corrected chi connectivity index (χ2v) is 9.18. The van der Waals surface area contributed by atoms with Crippen LogP contribution in [-0.2, 0) is 12.8 Å². The van der Waals surface area contributed by atoms with Crippen LogP contribution in [0.4, 0.5) is 0 Å². The number of nitrogens with one attached hydrogen (secondary N) is 1. The van der Waals surface area contributed by atoms with Gasteiger partial charge in [-0.1, -0.05) is 6.07 Å². The van der Waals surface area contributed by atoms with Crippen LogP contribution in [0.1, 0.15) is 52.7 Å². The topological polar surface area (TPSA) is 82.0 Å². The van der Waals surface area contributed by atoms with E-state index in [9.17, 15) is 4.79 Å². The number of ketones is 1. The lowest BCUT2D eigenvalue weighted by atomic mass is 9.80. The van der Waals surface area contributed by atoms with E-state index in [2.05, 4.69) is 27.0 Å². The van der Waals surface area contributed by atoms with Crippen LogP contribution < -0.4 is 4.74 Å². The summed E-state index contributed by atoms with van der Waals surface area (Å²) in [6.07, 6.45) is 7.03. The largest absolute Gasteiger partial charge is 0.486 e. The number of aryl methyl sites for hydroxylation is 1. The van der Waals surface area contributed by atoms with Crippen molar-refractivity contribution in [3.8, 4) is 11.8 Å². The molecule has 0 amide bonds. The van der Waals surface area contributed by atoms with Gasteiger partial charge in [0, 0.05) is 38.0 Å². The quantitative estimate of drug-likeness (QED) is 0.658. The Hall–Kier alpha value is -3.17. The normalized spacial score (nSPS) is 22.5. The summed E-state index contributed by atoms with van der Waals surface area (Å²) in [5, 5.41) is 9.14. The molecule has 3 heterocycles. The minimum atomic E-state index is -0.390. The smallest absolute Gasteiger partial charge is 0.170 e. The number of carbonyl (C=O) groups excluding carboxylic acids is 1. The Labute approximate surface area is 180 Å². The number of aromatic nitrogens is 2. The van der Waals surface area contributed by atoms with E-state index in [4.69, 9.17) is 10.00 Å². The first-order valence-corrected chi connectivity index (χ1v) is 11.1. The van der Waals surface area contributed by atoms with Crippen LogP contribution in [0.3, 0.4) is 0 Å². The van der Waals surface area contributed by atoms with Gasteiger partial charge in [-0.3, -0.25) is 9.69 Å². The summed E-state index contributed by atoms with van der Waals surface area (Å²) in [7, 11) is 0. The Morgan fingerprint density at radius 2 is 2.06 bits per heavy atom. The Kier molecular flexibility index (Phi) is 4.15. The highest BCUT2D eigenvalue weighted by atomic mass is 16.5. The van der Waals surface area contributed by atoms with E-state index in [0.717, 1.165) is 61.8 Å². The zero-order chi connectivity index (χ0) is 21.0. The van der Waals surface area contributed by atoms with Crippen LogP contribution in [0.15, 0.2) is 36.7 Å². The molecule has 1 aromatic heterocycles. The minimum Gasteiger partial charge on any atom is -0.486 e. The van der Waals surface area contributed by atoms with Gasteiger partial charge in [0.15, 0.2) is 5.78 Å². The summed E-state index contributed by atoms with van der Waals surface area (Å²) in [6.45, 7) is 1.90. The van der Waals surface area contributed by atoms with E-state index in [-0.39, 0.29) is 5.78 Å². The molecule has 0 bridgehead atoms. The predicted octanol–water partition coefficient (Wildman–Crippen LogP) is 3.79. The summed E-state index contributed by atoms with van der Waals surface area (Å²) in [4.78, 5) is 22.9. The Morgan fingerprint density at radius 3 is 2.90 bits per heavy atom. The molecule has 3 aliphatic rings. The number of nitrogens with zero attached hydrogens (tertiary/aromatic N) is 3. The summed E-state index contributed by atoms with van der Waals surface area (Å²) >= 11 is 0. The summed E-state index contributed by atoms with van der Waals surface area (Å²) in [5.41, 5.74) is 5.44. The van der Waals surface area contributed by atoms with Gasteiger partial charge in [-0.05, 0) is 48.6 Å². The van der Waals surface area contributed by atoms with Crippen molar-refractivity contribution in [1.29, 1.82) is 5.26 Å². The number of aromatic amines is 1. The lowest BCUT2D eigenvalue weighted by Crippen LogP contribution is -2.54. The number of H-pyrrole nitrogens is 1. The fourth-order valence-electron chi connectivity index (χ4n) is 5.61. The Morgan fingerprint density at radius 1 is 1.19 bits per heavy atom. The summed E-state index contributed by atoms with van der Waals surface area (Å²) in [6, 6.07) is 12.7. The number of Topliss-reactive ketones (excluding diaryl/α,β-unsaturated/α-hetero) is 1. The molecule has 1 saturated heterocycles. The van der Waals surface area contributed by atoms with Gasteiger partial charge < -0.3 is 9.72 Å².